The third kappa shape index (κ3) is 4.73. The van der Waals surface area contributed by atoms with Crippen LogP contribution >= 0.6 is 0 Å². The Balaban J connectivity index is -0.000000213. The zero-order valence-corrected chi connectivity index (χ0v) is 11.1. The Bertz CT molecular complexity index is 167. The largest absolute Gasteiger partial charge is 1.00 e. The van der Waals surface area contributed by atoms with Gasteiger partial charge < -0.3 is 37.2 Å². The second-order valence-corrected chi connectivity index (χ2v) is 3.48. The molecule has 1 aliphatic carbocycles. The van der Waals surface area contributed by atoms with Crippen molar-refractivity contribution in [2.75, 3.05) is 0 Å². The number of halogens is 3. The summed E-state index contributed by atoms with van der Waals surface area (Å²) in [5.41, 5.74) is 3.07. The van der Waals surface area contributed by atoms with Gasteiger partial charge in [0.1, 0.15) is 0 Å². The summed E-state index contributed by atoms with van der Waals surface area (Å²) in [5.74, 6) is 0. The third-order valence-electron chi connectivity index (χ3n) is 1.54. The van der Waals surface area contributed by atoms with Crippen molar-refractivity contribution in [2.24, 2.45) is 0 Å². The molecule has 0 radical (unpaired) electrons. The summed E-state index contributed by atoms with van der Waals surface area (Å²) in [5, 5.41) is 0. The van der Waals surface area contributed by atoms with Crippen molar-refractivity contribution in [3.8, 4) is 0 Å². The first-order chi connectivity index (χ1) is 3.72. The number of allylic oxidation sites excluding steroid dienone is 4. The van der Waals surface area contributed by atoms with E-state index in [0.717, 1.165) is 0 Å². The van der Waals surface area contributed by atoms with Crippen LogP contribution in [0.4, 0.5) is 0 Å². The first-order valence-electron chi connectivity index (χ1n) is 2.80. The molecule has 0 bridgehead atoms. The molecule has 0 atom stereocenters. The van der Waals surface area contributed by atoms with Crippen molar-refractivity contribution in [2.45, 2.75) is 20.3 Å². The zero-order chi connectivity index (χ0) is 6.15. The van der Waals surface area contributed by atoms with Gasteiger partial charge in [0.15, 0.2) is 0 Å². The van der Waals surface area contributed by atoms with Gasteiger partial charge in [-0.1, -0.05) is 0 Å². The first-order valence-corrected chi connectivity index (χ1v) is 4.03. The van der Waals surface area contributed by atoms with Crippen molar-refractivity contribution < 1.29 is 61.9 Å². The molecule has 4 heteroatoms. The fourth-order valence-electron chi connectivity index (χ4n) is 0.847. The van der Waals surface area contributed by atoms with E-state index in [9.17, 15) is 0 Å². The second-order valence-electron chi connectivity index (χ2n) is 2.25. The molecule has 0 N–H and O–H groups in total. The molecule has 0 fully saturated rings. The van der Waals surface area contributed by atoms with E-state index in [0.29, 0.717) is 0 Å². The Morgan fingerprint density at radius 2 is 1.64 bits per heavy atom. The van der Waals surface area contributed by atoms with Crippen LogP contribution in [0.2, 0.25) is 0 Å². The van der Waals surface area contributed by atoms with Crippen LogP contribution in [0.25, 0.3) is 0 Å². The van der Waals surface area contributed by atoms with E-state index in [2.05, 4.69) is 19.9 Å². The van der Waals surface area contributed by atoms with Crippen LogP contribution in [-0.4, -0.2) is 0 Å². The topological polar surface area (TPSA) is 0 Å². The van der Waals surface area contributed by atoms with Gasteiger partial charge in [0.25, 0.3) is 0 Å². The summed E-state index contributed by atoms with van der Waals surface area (Å²) in [7, 11) is 0. The predicted molar refractivity (Wildman–Crippen MR) is 31.1 cm³/mol. The second kappa shape index (κ2) is 7.86. The van der Waals surface area contributed by atoms with Gasteiger partial charge in [0.2, 0.25) is 0 Å². The van der Waals surface area contributed by atoms with E-state index in [1.165, 1.54) is 12.0 Å². The Labute approximate surface area is 102 Å². The van der Waals surface area contributed by atoms with Gasteiger partial charge in [-0.2, -0.15) is 0 Å². The molecular weight excluding hydrogens is 282 g/mol. The minimum absolute atomic E-state index is 0. The van der Waals surface area contributed by atoms with Crippen molar-refractivity contribution in [1.82, 2.24) is 0 Å². The van der Waals surface area contributed by atoms with Crippen molar-refractivity contribution in [1.29, 1.82) is 0 Å². The van der Waals surface area contributed by atoms with Crippen LogP contribution in [0, 0.1) is 0 Å². The minimum atomic E-state index is 0. The first kappa shape index (κ1) is 18.1. The van der Waals surface area contributed by atoms with Crippen molar-refractivity contribution in [3.63, 3.8) is 0 Å². The molecule has 0 saturated heterocycles. The predicted octanol–water partition coefficient (Wildman–Crippen LogP) is -6.83. The van der Waals surface area contributed by atoms with Crippen LogP contribution in [0.1, 0.15) is 20.3 Å². The molecular formula is C7H9Cl3Zr. The standard InChI is InChI=1S/C7H9.3ClH.Zr/c1-6-3-4-7(2)5-6;;;;/h3H,4H2,1-2H3;3*1H;/q;;;;+3/p-3. The fourth-order valence-corrected chi connectivity index (χ4v) is 1.35. The van der Waals surface area contributed by atoms with E-state index in [1.54, 1.807) is 33.6 Å². The molecule has 0 saturated carbocycles. The SMILES string of the molecule is CC1=CCC(C)=[C]1[Zr+3].[Cl-].[Cl-].[Cl-]. The molecule has 0 spiro atoms. The molecule has 0 unspecified atom stereocenters. The normalized spacial score (nSPS) is 14.4. The summed E-state index contributed by atoms with van der Waals surface area (Å²) in [6.07, 6.45) is 3.51. The van der Waals surface area contributed by atoms with E-state index < -0.39 is 0 Å². The molecule has 11 heavy (non-hydrogen) atoms. The van der Waals surface area contributed by atoms with Crippen LogP contribution in [0.5, 0.6) is 0 Å². The summed E-state index contributed by atoms with van der Waals surface area (Å²) in [6, 6.07) is 0. The van der Waals surface area contributed by atoms with Gasteiger partial charge in [-0.25, -0.2) is 0 Å². The monoisotopic (exact) mass is 288 g/mol. The van der Waals surface area contributed by atoms with Gasteiger partial charge in [0, 0.05) is 0 Å². The average Bonchev–Trinajstić information content (AvgIpc) is 1.98. The van der Waals surface area contributed by atoms with E-state index in [1.807, 2.05) is 0 Å². The quantitative estimate of drug-likeness (QED) is 0.416. The molecule has 62 valence electrons. The molecule has 0 aromatic heterocycles. The van der Waals surface area contributed by atoms with E-state index >= 15 is 0 Å². The van der Waals surface area contributed by atoms with E-state index in [-0.39, 0.29) is 37.2 Å². The van der Waals surface area contributed by atoms with Gasteiger partial charge in [0.05, 0.1) is 0 Å². The minimum Gasteiger partial charge on any atom is -1.00 e. The molecule has 0 aromatic carbocycles. The summed E-state index contributed by atoms with van der Waals surface area (Å²) >= 11 is 1.57. The summed E-state index contributed by atoms with van der Waals surface area (Å²) < 4.78 is 1.58. The molecule has 0 aliphatic heterocycles. The third-order valence-corrected chi connectivity index (χ3v) is 3.55. The zero-order valence-electron chi connectivity index (χ0n) is 6.42. The molecule has 0 aromatic rings. The van der Waals surface area contributed by atoms with Gasteiger partial charge in [-0.05, 0) is 0 Å². The molecule has 0 nitrogen and oxygen atoms in total. The van der Waals surface area contributed by atoms with Crippen LogP contribution < -0.4 is 37.2 Å². The van der Waals surface area contributed by atoms with Crippen LogP contribution in [0.15, 0.2) is 20.5 Å². The Morgan fingerprint density at radius 1 is 1.18 bits per heavy atom. The van der Waals surface area contributed by atoms with Gasteiger partial charge in [-0.15, -0.1) is 0 Å². The Hall–Kier alpha value is 1.23. The molecule has 0 heterocycles. The summed E-state index contributed by atoms with van der Waals surface area (Å²) in [4.78, 5) is 0. The van der Waals surface area contributed by atoms with Crippen molar-refractivity contribution >= 4 is 0 Å². The van der Waals surface area contributed by atoms with Crippen LogP contribution in [0.3, 0.4) is 0 Å². The number of rotatable bonds is 0. The fraction of sp³-hybridized carbons (Fsp3) is 0.429. The number of hydrogen-bond donors (Lipinski definition) is 0. The Morgan fingerprint density at radius 3 is 1.73 bits per heavy atom. The molecule has 1 rings (SSSR count). The Kier molecular flexibility index (Phi) is 12.9. The van der Waals surface area contributed by atoms with Gasteiger partial charge in [-0.3, -0.25) is 0 Å². The summed E-state index contributed by atoms with van der Waals surface area (Å²) in [6.45, 7) is 4.41. The smallest absolute Gasteiger partial charge is 1.00 e. The van der Waals surface area contributed by atoms with Gasteiger partial charge >= 0.3 is 65.5 Å². The maximum atomic E-state index is 2.30. The average molecular weight is 291 g/mol. The molecule has 0 amide bonds. The maximum Gasteiger partial charge on any atom is -1.00 e. The molecule has 1 aliphatic rings. The van der Waals surface area contributed by atoms with Crippen molar-refractivity contribution in [3.05, 3.63) is 20.5 Å². The van der Waals surface area contributed by atoms with E-state index in [4.69, 9.17) is 0 Å². The number of hydrogen-bond acceptors (Lipinski definition) is 0. The van der Waals surface area contributed by atoms with Crippen LogP contribution in [-0.2, 0) is 24.7 Å². The maximum absolute atomic E-state index is 2.30.